The summed E-state index contributed by atoms with van der Waals surface area (Å²) >= 11 is 6.02. The third-order valence-electron chi connectivity index (χ3n) is 3.02. The van der Waals surface area contributed by atoms with Crippen LogP contribution in [0.1, 0.15) is 0 Å². The van der Waals surface area contributed by atoms with Crippen molar-refractivity contribution in [1.82, 2.24) is 0 Å². The van der Waals surface area contributed by atoms with Gasteiger partial charge in [-0.05, 0) is 18.2 Å². The standard InChI is InChI=1S/C14H12ClN3O5/c1-23-13-9(15)3-2-4-11(13)17(14(16)20)10-6-5-8(18(21)22)7-12(10)19/h2-7,19H,1H3,(H2,16,20). The molecule has 0 bridgehead atoms. The van der Waals surface area contributed by atoms with E-state index < -0.39 is 16.7 Å². The zero-order chi connectivity index (χ0) is 17.1. The van der Waals surface area contributed by atoms with Gasteiger partial charge in [0, 0.05) is 6.07 Å². The van der Waals surface area contributed by atoms with E-state index in [2.05, 4.69) is 0 Å². The van der Waals surface area contributed by atoms with Gasteiger partial charge >= 0.3 is 6.03 Å². The summed E-state index contributed by atoms with van der Waals surface area (Å²) in [6, 6.07) is 6.98. The van der Waals surface area contributed by atoms with Crippen LogP contribution in [0, 0.1) is 10.1 Å². The summed E-state index contributed by atoms with van der Waals surface area (Å²) in [6.45, 7) is 0. The summed E-state index contributed by atoms with van der Waals surface area (Å²) in [7, 11) is 1.36. The minimum Gasteiger partial charge on any atom is -0.505 e. The molecule has 0 fully saturated rings. The first-order valence-corrected chi connectivity index (χ1v) is 6.64. The molecular formula is C14H12ClN3O5. The smallest absolute Gasteiger partial charge is 0.324 e. The largest absolute Gasteiger partial charge is 0.505 e. The van der Waals surface area contributed by atoms with Crippen molar-refractivity contribution in [3.8, 4) is 11.5 Å². The lowest BCUT2D eigenvalue weighted by Gasteiger charge is -2.23. The SMILES string of the molecule is COc1c(Cl)cccc1N(C(N)=O)c1ccc([N+](=O)[O-])cc1O. The lowest BCUT2D eigenvalue weighted by molar-refractivity contribution is -0.384. The van der Waals surface area contributed by atoms with Crippen molar-refractivity contribution in [1.29, 1.82) is 0 Å². The number of ether oxygens (including phenoxy) is 1. The fourth-order valence-electron chi connectivity index (χ4n) is 2.06. The molecule has 120 valence electrons. The average Bonchev–Trinajstić information content (AvgIpc) is 2.48. The van der Waals surface area contributed by atoms with E-state index in [4.69, 9.17) is 22.1 Å². The Balaban J connectivity index is 2.63. The first-order valence-electron chi connectivity index (χ1n) is 6.26. The van der Waals surface area contributed by atoms with Gasteiger partial charge in [-0.15, -0.1) is 0 Å². The number of nitrogens with two attached hydrogens (primary N) is 1. The number of benzene rings is 2. The normalized spacial score (nSPS) is 10.2. The number of nitro benzene ring substituents is 1. The van der Waals surface area contributed by atoms with Crippen LogP contribution in [0.4, 0.5) is 21.9 Å². The Hall–Kier alpha value is -3.00. The van der Waals surface area contributed by atoms with Crippen molar-refractivity contribution in [2.24, 2.45) is 5.73 Å². The number of aromatic hydroxyl groups is 1. The minimum absolute atomic E-state index is 0.0383. The summed E-state index contributed by atoms with van der Waals surface area (Å²) in [5.74, 6) is -0.314. The average molecular weight is 338 g/mol. The monoisotopic (exact) mass is 337 g/mol. The van der Waals surface area contributed by atoms with Gasteiger partial charge in [0.2, 0.25) is 0 Å². The second kappa shape index (κ2) is 6.41. The molecule has 8 nitrogen and oxygen atoms in total. The molecule has 0 unspecified atom stereocenters. The number of nitrogens with zero attached hydrogens (tertiary/aromatic N) is 2. The predicted molar refractivity (Wildman–Crippen MR) is 84.5 cm³/mol. The maximum absolute atomic E-state index is 11.9. The third-order valence-corrected chi connectivity index (χ3v) is 3.32. The summed E-state index contributed by atoms with van der Waals surface area (Å²) in [6.07, 6.45) is 0. The van der Waals surface area contributed by atoms with Crippen LogP contribution in [0.3, 0.4) is 0 Å². The molecule has 2 aromatic rings. The Morgan fingerprint density at radius 3 is 2.57 bits per heavy atom. The van der Waals surface area contributed by atoms with Gasteiger partial charge in [-0.2, -0.15) is 0 Å². The van der Waals surface area contributed by atoms with Gasteiger partial charge in [-0.25, -0.2) is 4.79 Å². The van der Waals surface area contributed by atoms with Gasteiger partial charge < -0.3 is 15.6 Å². The van der Waals surface area contributed by atoms with E-state index in [1.807, 2.05) is 0 Å². The molecule has 9 heteroatoms. The van der Waals surface area contributed by atoms with Gasteiger partial charge in [-0.1, -0.05) is 17.7 Å². The van der Waals surface area contributed by atoms with E-state index in [9.17, 15) is 20.0 Å². The number of methoxy groups -OCH3 is 1. The number of phenols is 1. The number of anilines is 2. The minimum atomic E-state index is -0.922. The van der Waals surface area contributed by atoms with Gasteiger partial charge in [-0.3, -0.25) is 15.0 Å². The number of phenolic OH excluding ortho intramolecular Hbond substituents is 1. The summed E-state index contributed by atoms with van der Waals surface area (Å²) < 4.78 is 5.16. The van der Waals surface area contributed by atoms with Crippen molar-refractivity contribution in [3.63, 3.8) is 0 Å². The van der Waals surface area contributed by atoms with Gasteiger partial charge in [0.1, 0.15) is 5.75 Å². The number of non-ortho nitro benzene ring substituents is 1. The molecule has 0 aromatic heterocycles. The lowest BCUT2D eigenvalue weighted by atomic mass is 10.2. The molecule has 2 amide bonds. The van der Waals surface area contributed by atoms with Crippen molar-refractivity contribution in [2.45, 2.75) is 0 Å². The number of nitro groups is 1. The molecule has 0 spiro atoms. The molecule has 0 aliphatic rings. The Morgan fingerprint density at radius 2 is 2.04 bits per heavy atom. The van der Waals surface area contributed by atoms with Gasteiger partial charge in [0.15, 0.2) is 5.75 Å². The number of hydrogen-bond donors (Lipinski definition) is 2. The summed E-state index contributed by atoms with van der Waals surface area (Å²) in [5.41, 5.74) is 5.21. The molecule has 0 radical (unpaired) electrons. The highest BCUT2D eigenvalue weighted by atomic mass is 35.5. The van der Waals surface area contributed by atoms with E-state index in [1.54, 1.807) is 12.1 Å². The molecule has 3 N–H and O–H groups in total. The third kappa shape index (κ3) is 3.11. The second-order valence-electron chi connectivity index (χ2n) is 4.40. The van der Waals surface area contributed by atoms with Crippen LogP contribution in [0.5, 0.6) is 11.5 Å². The second-order valence-corrected chi connectivity index (χ2v) is 4.80. The topological polar surface area (TPSA) is 119 Å². The predicted octanol–water partition coefficient (Wildman–Crippen LogP) is 3.18. The molecule has 23 heavy (non-hydrogen) atoms. The Labute approximate surface area is 135 Å². The number of hydrogen-bond acceptors (Lipinski definition) is 5. The number of halogens is 1. The van der Waals surface area contributed by atoms with Crippen LogP contribution in [0.15, 0.2) is 36.4 Å². The van der Waals surface area contributed by atoms with Crippen LogP contribution in [0.25, 0.3) is 0 Å². The van der Waals surface area contributed by atoms with Crippen LogP contribution < -0.4 is 15.4 Å². The number of carbonyl (C=O) groups excluding carboxylic acids is 1. The van der Waals surface area contributed by atoms with Crippen molar-refractivity contribution in [2.75, 3.05) is 12.0 Å². The Morgan fingerprint density at radius 1 is 1.35 bits per heavy atom. The van der Waals surface area contributed by atoms with Crippen molar-refractivity contribution < 1.29 is 19.6 Å². The van der Waals surface area contributed by atoms with Crippen LogP contribution >= 0.6 is 11.6 Å². The summed E-state index contributed by atoms with van der Waals surface area (Å²) in [4.78, 5) is 22.9. The number of urea groups is 1. The van der Waals surface area contributed by atoms with Crippen molar-refractivity contribution in [3.05, 3.63) is 51.5 Å². The van der Waals surface area contributed by atoms with E-state index in [-0.39, 0.29) is 27.8 Å². The van der Waals surface area contributed by atoms with Gasteiger partial charge in [0.05, 0.1) is 34.5 Å². The molecule has 2 aromatic carbocycles. The highest BCUT2D eigenvalue weighted by molar-refractivity contribution is 6.32. The fraction of sp³-hybridized carbons (Fsp3) is 0.0714. The molecule has 0 saturated carbocycles. The van der Waals surface area contributed by atoms with E-state index in [0.717, 1.165) is 17.0 Å². The number of amides is 2. The zero-order valence-electron chi connectivity index (χ0n) is 11.9. The Bertz CT molecular complexity index is 781. The van der Waals surface area contributed by atoms with E-state index in [1.165, 1.54) is 19.2 Å². The first kappa shape index (κ1) is 16.4. The number of primary amides is 1. The van der Waals surface area contributed by atoms with E-state index in [0.29, 0.717) is 0 Å². The quantitative estimate of drug-likeness (QED) is 0.656. The van der Waals surface area contributed by atoms with Crippen LogP contribution in [-0.2, 0) is 0 Å². The first-order chi connectivity index (χ1) is 10.9. The lowest BCUT2D eigenvalue weighted by Crippen LogP contribution is -2.31. The molecule has 0 atom stereocenters. The van der Waals surface area contributed by atoms with Crippen LogP contribution in [0.2, 0.25) is 5.02 Å². The van der Waals surface area contributed by atoms with Crippen LogP contribution in [-0.4, -0.2) is 23.2 Å². The highest BCUT2D eigenvalue weighted by Crippen LogP contribution is 2.42. The number of carbonyl (C=O) groups is 1. The van der Waals surface area contributed by atoms with E-state index >= 15 is 0 Å². The number of para-hydroxylation sites is 1. The molecule has 0 saturated heterocycles. The molecule has 0 aliphatic heterocycles. The molecule has 2 rings (SSSR count). The maximum atomic E-state index is 11.9. The molecule has 0 heterocycles. The zero-order valence-corrected chi connectivity index (χ0v) is 12.6. The number of rotatable bonds is 4. The summed E-state index contributed by atoms with van der Waals surface area (Å²) in [5, 5.41) is 21.0. The highest BCUT2D eigenvalue weighted by Gasteiger charge is 2.24. The Kier molecular flexibility index (Phi) is 4.56. The molecule has 0 aliphatic carbocycles. The van der Waals surface area contributed by atoms with Gasteiger partial charge in [0.25, 0.3) is 5.69 Å². The molecular weight excluding hydrogens is 326 g/mol. The maximum Gasteiger partial charge on any atom is 0.324 e. The fourth-order valence-corrected chi connectivity index (χ4v) is 2.30. The van der Waals surface area contributed by atoms with Crippen molar-refractivity contribution >= 4 is 34.7 Å².